The predicted octanol–water partition coefficient (Wildman–Crippen LogP) is 2.34. The van der Waals surface area contributed by atoms with E-state index in [1.807, 2.05) is 50.2 Å². The van der Waals surface area contributed by atoms with Crippen LogP contribution in [0.3, 0.4) is 0 Å². The number of ether oxygens (including phenoxy) is 2. The van der Waals surface area contributed by atoms with Gasteiger partial charge in [-0.1, -0.05) is 24.3 Å². The van der Waals surface area contributed by atoms with Crippen molar-refractivity contribution < 1.29 is 19.1 Å². The molecule has 2 amide bonds. The third kappa shape index (κ3) is 5.49. The Bertz CT molecular complexity index is 764. The summed E-state index contributed by atoms with van der Waals surface area (Å²) in [6, 6.07) is 11.6. The van der Waals surface area contributed by atoms with Crippen LogP contribution in [0.5, 0.6) is 11.5 Å². The fourth-order valence-corrected chi connectivity index (χ4v) is 3.09. The summed E-state index contributed by atoms with van der Waals surface area (Å²) in [6.45, 7) is 4.72. The zero-order valence-electron chi connectivity index (χ0n) is 16.9. The van der Waals surface area contributed by atoms with Crippen LogP contribution in [0.25, 0.3) is 0 Å². The molecule has 0 radical (unpaired) electrons. The second kappa shape index (κ2) is 10.3. The van der Waals surface area contributed by atoms with Crippen LogP contribution in [0.15, 0.2) is 36.4 Å². The molecule has 0 aliphatic carbocycles. The normalized spacial score (nSPS) is 10.3. The topological polar surface area (TPSA) is 76.7 Å². The Kier molecular flexibility index (Phi) is 7.87. The molecule has 0 aliphatic rings. The number of nitrogens with one attached hydrogen (secondary N) is 2. The van der Waals surface area contributed by atoms with Crippen LogP contribution in [0, 0.1) is 13.8 Å². The van der Waals surface area contributed by atoms with Gasteiger partial charge < -0.3 is 20.1 Å². The summed E-state index contributed by atoms with van der Waals surface area (Å²) >= 11 is 0. The molecule has 6 nitrogen and oxygen atoms in total. The first-order valence-corrected chi connectivity index (χ1v) is 9.29. The van der Waals surface area contributed by atoms with Crippen molar-refractivity contribution in [2.45, 2.75) is 26.7 Å². The molecule has 6 heteroatoms. The number of amides is 2. The average Bonchev–Trinajstić information content (AvgIpc) is 2.70. The quantitative estimate of drug-likeness (QED) is 0.685. The first-order valence-electron chi connectivity index (χ1n) is 9.29. The highest BCUT2D eigenvalue weighted by Gasteiger charge is 2.13. The summed E-state index contributed by atoms with van der Waals surface area (Å²) in [7, 11) is 3.26. The van der Waals surface area contributed by atoms with Crippen molar-refractivity contribution in [2.75, 3.05) is 27.3 Å². The Morgan fingerprint density at radius 3 is 1.50 bits per heavy atom. The van der Waals surface area contributed by atoms with Gasteiger partial charge in [0, 0.05) is 13.1 Å². The molecule has 0 atom stereocenters. The molecule has 0 saturated carbocycles. The Balaban J connectivity index is 1.77. The maximum Gasteiger partial charge on any atom is 0.309 e. The van der Waals surface area contributed by atoms with Crippen molar-refractivity contribution in [1.29, 1.82) is 0 Å². The van der Waals surface area contributed by atoms with E-state index in [0.29, 0.717) is 25.9 Å². The van der Waals surface area contributed by atoms with Crippen molar-refractivity contribution in [3.05, 3.63) is 58.7 Å². The smallest absolute Gasteiger partial charge is 0.309 e. The fraction of sp³-hybridized carbons (Fsp3) is 0.364. The lowest BCUT2D eigenvalue weighted by atomic mass is 10.0. The van der Waals surface area contributed by atoms with E-state index < -0.39 is 11.8 Å². The van der Waals surface area contributed by atoms with Crippen molar-refractivity contribution in [3.8, 4) is 11.5 Å². The average molecular weight is 384 g/mol. The first kappa shape index (κ1) is 21.3. The van der Waals surface area contributed by atoms with Crippen molar-refractivity contribution >= 4 is 11.8 Å². The van der Waals surface area contributed by atoms with Gasteiger partial charge in [-0.05, 0) is 61.1 Å². The van der Waals surface area contributed by atoms with Crippen molar-refractivity contribution in [1.82, 2.24) is 10.6 Å². The molecule has 0 spiro atoms. The number of benzene rings is 2. The minimum Gasteiger partial charge on any atom is -0.496 e. The molecule has 0 unspecified atom stereocenters. The van der Waals surface area contributed by atoms with Gasteiger partial charge in [-0.3, -0.25) is 9.59 Å². The van der Waals surface area contributed by atoms with E-state index in [4.69, 9.17) is 9.47 Å². The minimum atomic E-state index is -0.622. The van der Waals surface area contributed by atoms with Gasteiger partial charge in [0.25, 0.3) is 0 Å². The number of hydrogen-bond donors (Lipinski definition) is 2. The fourth-order valence-electron chi connectivity index (χ4n) is 3.09. The summed E-state index contributed by atoms with van der Waals surface area (Å²) in [4.78, 5) is 24.0. The van der Waals surface area contributed by atoms with Crippen LogP contribution >= 0.6 is 0 Å². The summed E-state index contributed by atoms with van der Waals surface area (Å²) in [5.74, 6) is 0.384. The highest BCUT2D eigenvalue weighted by atomic mass is 16.5. The lowest BCUT2D eigenvalue weighted by Gasteiger charge is -2.12. The van der Waals surface area contributed by atoms with Gasteiger partial charge in [-0.2, -0.15) is 0 Å². The second-order valence-corrected chi connectivity index (χ2v) is 6.50. The van der Waals surface area contributed by atoms with Gasteiger partial charge in [0.05, 0.1) is 14.2 Å². The monoisotopic (exact) mass is 384 g/mol. The van der Waals surface area contributed by atoms with Crippen LogP contribution in [0.4, 0.5) is 0 Å². The zero-order chi connectivity index (χ0) is 20.5. The molecule has 28 heavy (non-hydrogen) atoms. The van der Waals surface area contributed by atoms with E-state index in [2.05, 4.69) is 10.6 Å². The van der Waals surface area contributed by atoms with E-state index in [9.17, 15) is 9.59 Å². The lowest BCUT2D eigenvalue weighted by Crippen LogP contribution is -2.41. The SMILES string of the molecule is COc1cccc(CCNC(=O)C(=O)NCCc2cccc(OC)c2C)c1C. The van der Waals surface area contributed by atoms with Gasteiger partial charge in [0.1, 0.15) is 11.5 Å². The highest BCUT2D eigenvalue weighted by Crippen LogP contribution is 2.21. The van der Waals surface area contributed by atoms with E-state index in [1.165, 1.54) is 0 Å². The molecule has 0 heterocycles. The molecule has 2 rings (SSSR count). The molecule has 0 aliphatic heterocycles. The highest BCUT2D eigenvalue weighted by molar-refractivity contribution is 6.35. The number of rotatable bonds is 8. The first-order chi connectivity index (χ1) is 13.5. The summed E-state index contributed by atoms with van der Waals surface area (Å²) in [5.41, 5.74) is 4.23. The number of carbonyl (C=O) groups excluding carboxylic acids is 2. The number of methoxy groups -OCH3 is 2. The van der Waals surface area contributed by atoms with Crippen LogP contribution in [-0.2, 0) is 22.4 Å². The molecule has 2 aromatic carbocycles. The van der Waals surface area contributed by atoms with Crippen LogP contribution in [0.1, 0.15) is 22.3 Å². The largest absolute Gasteiger partial charge is 0.496 e. The third-order valence-electron chi connectivity index (χ3n) is 4.80. The second-order valence-electron chi connectivity index (χ2n) is 6.50. The zero-order valence-corrected chi connectivity index (χ0v) is 16.9. The van der Waals surface area contributed by atoms with Crippen molar-refractivity contribution in [2.24, 2.45) is 0 Å². The lowest BCUT2D eigenvalue weighted by molar-refractivity contribution is -0.139. The summed E-state index contributed by atoms with van der Waals surface area (Å²) in [5, 5.41) is 5.32. The Labute approximate surface area is 166 Å². The molecule has 2 N–H and O–H groups in total. The number of carbonyl (C=O) groups is 2. The van der Waals surface area contributed by atoms with Crippen LogP contribution in [-0.4, -0.2) is 39.1 Å². The third-order valence-corrected chi connectivity index (χ3v) is 4.80. The molecule has 0 bridgehead atoms. The standard InChI is InChI=1S/C22H28N2O4/c1-15-17(7-5-9-19(15)27-3)11-13-23-21(25)22(26)24-14-12-18-8-6-10-20(28-4)16(18)2/h5-10H,11-14H2,1-4H3,(H,23,25)(H,24,26). The van der Waals surface area contributed by atoms with E-state index >= 15 is 0 Å². The molecular weight excluding hydrogens is 356 g/mol. The summed E-state index contributed by atoms with van der Waals surface area (Å²) < 4.78 is 10.6. The molecule has 0 aromatic heterocycles. The molecule has 0 fully saturated rings. The van der Waals surface area contributed by atoms with Gasteiger partial charge in [0.15, 0.2) is 0 Å². The minimum absolute atomic E-state index is 0.384. The molecule has 150 valence electrons. The molecule has 0 saturated heterocycles. The molecular formula is C22H28N2O4. The predicted molar refractivity (Wildman–Crippen MR) is 109 cm³/mol. The van der Waals surface area contributed by atoms with Gasteiger partial charge in [0.2, 0.25) is 0 Å². The van der Waals surface area contributed by atoms with Crippen LogP contribution < -0.4 is 20.1 Å². The van der Waals surface area contributed by atoms with Gasteiger partial charge in [-0.25, -0.2) is 0 Å². The Hall–Kier alpha value is -3.02. The number of hydrogen-bond acceptors (Lipinski definition) is 4. The Morgan fingerprint density at radius 1 is 0.750 bits per heavy atom. The Morgan fingerprint density at radius 2 is 1.14 bits per heavy atom. The van der Waals surface area contributed by atoms with Gasteiger partial charge in [-0.15, -0.1) is 0 Å². The van der Waals surface area contributed by atoms with Crippen LogP contribution in [0.2, 0.25) is 0 Å². The maximum atomic E-state index is 12.0. The van der Waals surface area contributed by atoms with E-state index in [0.717, 1.165) is 33.8 Å². The van der Waals surface area contributed by atoms with Crippen molar-refractivity contribution in [3.63, 3.8) is 0 Å². The van der Waals surface area contributed by atoms with Gasteiger partial charge >= 0.3 is 11.8 Å². The molecule has 2 aromatic rings. The summed E-state index contributed by atoms with van der Waals surface area (Å²) in [6.07, 6.45) is 1.26. The maximum absolute atomic E-state index is 12.0. The van der Waals surface area contributed by atoms with E-state index in [1.54, 1.807) is 14.2 Å². The van der Waals surface area contributed by atoms with E-state index in [-0.39, 0.29) is 0 Å².